The molecule has 104 valence electrons. The molecule has 1 heterocycles. The van der Waals surface area contributed by atoms with Crippen molar-refractivity contribution in [1.29, 1.82) is 0 Å². The molecular weight excluding hydrogens is 256 g/mol. The van der Waals surface area contributed by atoms with Crippen LogP contribution in [0, 0.1) is 0 Å². The lowest BCUT2D eigenvalue weighted by Crippen LogP contribution is -2.31. The molecule has 1 aromatic carbocycles. The van der Waals surface area contributed by atoms with Gasteiger partial charge in [0.15, 0.2) is 6.61 Å². The molecule has 0 unspecified atom stereocenters. The Morgan fingerprint density at radius 1 is 1.20 bits per heavy atom. The van der Waals surface area contributed by atoms with Gasteiger partial charge in [-0.1, -0.05) is 24.3 Å². The number of carbonyl (C=O) groups excluding carboxylic acids is 1. The van der Waals surface area contributed by atoms with Crippen LogP contribution in [0.2, 0.25) is 0 Å². The minimum atomic E-state index is -0.264. The van der Waals surface area contributed by atoms with Gasteiger partial charge in [0, 0.05) is 25.4 Å². The van der Waals surface area contributed by atoms with Gasteiger partial charge in [0.25, 0.3) is 11.5 Å². The number of para-hydroxylation sites is 1. The van der Waals surface area contributed by atoms with E-state index < -0.39 is 0 Å². The molecule has 20 heavy (non-hydrogen) atoms. The van der Waals surface area contributed by atoms with Crippen LogP contribution in [-0.2, 0) is 18.4 Å². The molecule has 2 rings (SSSR count). The van der Waals surface area contributed by atoms with Crippen LogP contribution in [0.5, 0.6) is 5.75 Å². The summed E-state index contributed by atoms with van der Waals surface area (Å²) < 4.78 is 6.79. The number of nitrogens with one attached hydrogen (secondary N) is 1. The second-order valence-electron chi connectivity index (χ2n) is 4.33. The van der Waals surface area contributed by atoms with E-state index in [0.29, 0.717) is 11.3 Å². The van der Waals surface area contributed by atoms with E-state index in [-0.39, 0.29) is 24.6 Å². The maximum Gasteiger partial charge on any atom is 0.258 e. The smallest absolute Gasteiger partial charge is 0.258 e. The van der Waals surface area contributed by atoms with Gasteiger partial charge in [0.2, 0.25) is 0 Å². The third kappa shape index (κ3) is 3.71. The Bertz CT molecular complexity index is 635. The van der Waals surface area contributed by atoms with Crippen LogP contribution in [0.15, 0.2) is 53.5 Å². The summed E-state index contributed by atoms with van der Waals surface area (Å²) in [6, 6.07) is 12.6. The number of rotatable bonds is 5. The maximum atomic E-state index is 11.7. The van der Waals surface area contributed by atoms with Gasteiger partial charge in [-0.25, -0.2) is 0 Å². The van der Waals surface area contributed by atoms with Gasteiger partial charge in [0.1, 0.15) is 5.75 Å². The lowest BCUT2D eigenvalue weighted by Gasteiger charge is -2.07. The first-order valence-electron chi connectivity index (χ1n) is 6.26. The summed E-state index contributed by atoms with van der Waals surface area (Å²) in [5, 5.41) is 2.66. The van der Waals surface area contributed by atoms with Gasteiger partial charge in [-0.2, -0.15) is 0 Å². The fourth-order valence-corrected chi connectivity index (χ4v) is 1.70. The molecule has 0 saturated heterocycles. The standard InChI is InChI=1S/C15H16N2O3/c1-17-9-5-6-12(15(17)19)10-16-14(18)11-20-13-7-3-2-4-8-13/h2-9H,10-11H2,1H3,(H,16,18). The van der Waals surface area contributed by atoms with E-state index in [2.05, 4.69) is 5.32 Å². The van der Waals surface area contributed by atoms with Crippen molar-refractivity contribution in [2.45, 2.75) is 6.54 Å². The van der Waals surface area contributed by atoms with Crippen LogP contribution in [0.3, 0.4) is 0 Å². The van der Waals surface area contributed by atoms with Crippen molar-refractivity contribution in [3.05, 3.63) is 64.6 Å². The molecule has 1 N–H and O–H groups in total. The topological polar surface area (TPSA) is 60.3 Å². The number of nitrogens with zero attached hydrogens (tertiary/aromatic N) is 1. The first kappa shape index (κ1) is 13.9. The van der Waals surface area contributed by atoms with Crippen LogP contribution in [0.4, 0.5) is 0 Å². The Kier molecular flexibility index (Phi) is 4.55. The second kappa shape index (κ2) is 6.56. The number of benzene rings is 1. The van der Waals surface area contributed by atoms with Gasteiger partial charge in [-0.3, -0.25) is 9.59 Å². The normalized spacial score (nSPS) is 10.1. The van der Waals surface area contributed by atoms with Crippen molar-refractivity contribution in [2.75, 3.05) is 6.61 Å². The predicted molar refractivity (Wildman–Crippen MR) is 75.5 cm³/mol. The first-order chi connectivity index (χ1) is 9.66. The fraction of sp³-hybridized carbons (Fsp3) is 0.200. The summed E-state index contributed by atoms with van der Waals surface area (Å²) in [6.07, 6.45) is 1.67. The summed E-state index contributed by atoms with van der Waals surface area (Å²) in [7, 11) is 1.67. The number of carbonyl (C=O) groups is 1. The predicted octanol–water partition coefficient (Wildman–Crippen LogP) is 1.08. The largest absolute Gasteiger partial charge is 0.484 e. The third-order valence-corrected chi connectivity index (χ3v) is 2.79. The fourth-order valence-electron chi connectivity index (χ4n) is 1.70. The van der Waals surface area contributed by atoms with Gasteiger partial charge < -0.3 is 14.6 Å². The van der Waals surface area contributed by atoms with Crippen LogP contribution < -0.4 is 15.6 Å². The number of aryl methyl sites for hydroxylation is 1. The summed E-state index contributed by atoms with van der Waals surface area (Å²) in [5.41, 5.74) is 0.430. The van der Waals surface area contributed by atoms with E-state index >= 15 is 0 Å². The number of amides is 1. The quantitative estimate of drug-likeness (QED) is 0.886. The van der Waals surface area contributed by atoms with Crippen LogP contribution in [0.25, 0.3) is 0 Å². The second-order valence-corrected chi connectivity index (χ2v) is 4.33. The van der Waals surface area contributed by atoms with Crippen molar-refractivity contribution in [2.24, 2.45) is 7.05 Å². The van der Waals surface area contributed by atoms with Gasteiger partial charge in [0.05, 0.1) is 0 Å². The highest BCUT2D eigenvalue weighted by Gasteiger charge is 2.05. The van der Waals surface area contributed by atoms with E-state index in [9.17, 15) is 9.59 Å². The molecule has 2 aromatic rings. The highest BCUT2D eigenvalue weighted by Crippen LogP contribution is 2.07. The zero-order chi connectivity index (χ0) is 14.4. The van der Waals surface area contributed by atoms with E-state index in [1.165, 1.54) is 4.57 Å². The molecule has 1 amide bonds. The zero-order valence-corrected chi connectivity index (χ0v) is 11.2. The highest BCUT2D eigenvalue weighted by atomic mass is 16.5. The average Bonchev–Trinajstić information content (AvgIpc) is 2.48. The molecule has 1 aromatic heterocycles. The number of hydrogen-bond donors (Lipinski definition) is 1. The highest BCUT2D eigenvalue weighted by molar-refractivity contribution is 5.77. The number of ether oxygens (including phenoxy) is 1. The van der Waals surface area contributed by atoms with E-state index in [0.717, 1.165) is 0 Å². The zero-order valence-electron chi connectivity index (χ0n) is 11.2. The molecule has 0 spiro atoms. The number of pyridine rings is 1. The van der Waals surface area contributed by atoms with Crippen molar-refractivity contribution in [3.63, 3.8) is 0 Å². The van der Waals surface area contributed by atoms with E-state index in [4.69, 9.17) is 4.74 Å². The Hall–Kier alpha value is -2.56. The molecule has 0 saturated carbocycles. The van der Waals surface area contributed by atoms with Gasteiger partial charge in [-0.05, 0) is 18.2 Å². The molecule has 0 fully saturated rings. The molecule has 5 heteroatoms. The monoisotopic (exact) mass is 272 g/mol. The van der Waals surface area contributed by atoms with Crippen LogP contribution >= 0.6 is 0 Å². The molecule has 5 nitrogen and oxygen atoms in total. The SMILES string of the molecule is Cn1cccc(CNC(=O)COc2ccccc2)c1=O. The summed E-state index contributed by atoms with van der Waals surface area (Å²) in [4.78, 5) is 23.4. The maximum absolute atomic E-state index is 11.7. The minimum Gasteiger partial charge on any atom is -0.484 e. The first-order valence-corrected chi connectivity index (χ1v) is 6.26. The van der Waals surface area contributed by atoms with E-state index in [1.54, 1.807) is 37.5 Å². The van der Waals surface area contributed by atoms with Gasteiger partial charge in [-0.15, -0.1) is 0 Å². The van der Waals surface area contributed by atoms with Crippen molar-refractivity contribution >= 4 is 5.91 Å². The average molecular weight is 272 g/mol. The molecular formula is C15H16N2O3. The lowest BCUT2D eigenvalue weighted by atomic mass is 10.3. The summed E-state index contributed by atoms with van der Waals surface area (Å²) >= 11 is 0. The Morgan fingerprint density at radius 3 is 2.70 bits per heavy atom. The number of hydrogen-bond acceptors (Lipinski definition) is 3. The molecule has 0 bridgehead atoms. The van der Waals surface area contributed by atoms with Gasteiger partial charge >= 0.3 is 0 Å². The molecule has 0 atom stereocenters. The van der Waals surface area contributed by atoms with E-state index in [1.807, 2.05) is 18.2 Å². The molecule has 0 radical (unpaired) electrons. The van der Waals surface area contributed by atoms with Crippen molar-refractivity contribution in [3.8, 4) is 5.75 Å². The summed E-state index contributed by atoms with van der Waals surface area (Å²) in [5.74, 6) is 0.373. The Morgan fingerprint density at radius 2 is 1.95 bits per heavy atom. The van der Waals surface area contributed by atoms with Crippen LogP contribution in [-0.4, -0.2) is 17.1 Å². The van der Waals surface area contributed by atoms with Crippen molar-refractivity contribution in [1.82, 2.24) is 9.88 Å². The summed E-state index contributed by atoms with van der Waals surface area (Å²) in [6.45, 7) is 0.127. The number of aromatic nitrogens is 1. The third-order valence-electron chi connectivity index (χ3n) is 2.79. The molecule has 0 aliphatic rings. The lowest BCUT2D eigenvalue weighted by molar-refractivity contribution is -0.123. The minimum absolute atomic E-state index is 0.0723. The van der Waals surface area contributed by atoms with Crippen molar-refractivity contribution < 1.29 is 9.53 Å². The Balaban J connectivity index is 1.84. The molecule has 0 aliphatic carbocycles. The van der Waals surface area contributed by atoms with Crippen LogP contribution in [0.1, 0.15) is 5.56 Å². The molecule has 0 aliphatic heterocycles. The Labute approximate surface area is 116 Å².